The minimum Gasteiger partial charge on any atom is -0.395 e. The summed E-state index contributed by atoms with van der Waals surface area (Å²) in [5, 5.41) is 9.75. The van der Waals surface area contributed by atoms with Crippen LogP contribution in [0.25, 0.3) is 0 Å². The molecule has 0 amide bonds. The fourth-order valence-electron chi connectivity index (χ4n) is 3.42. The average Bonchev–Trinajstić information content (AvgIpc) is 2.95. The van der Waals surface area contributed by atoms with Crippen LogP contribution in [0.15, 0.2) is 30.3 Å². The number of piperidine rings is 1. The van der Waals surface area contributed by atoms with Gasteiger partial charge >= 0.3 is 0 Å². The molecule has 2 fully saturated rings. The van der Waals surface area contributed by atoms with E-state index in [-0.39, 0.29) is 12.6 Å². The fourth-order valence-corrected chi connectivity index (χ4v) is 3.42. The minimum atomic E-state index is -0.444. The minimum absolute atomic E-state index is 0.0945. The summed E-state index contributed by atoms with van der Waals surface area (Å²) in [7, 11) is 0. The van der Waals surface area contributed by atoms with E-state index < -0.39 is 5.79 Å². The standard InChI is InChI=1S/C16H23NO3/c1-13(14-5-3-2-4-6-14)17-8-7-16(11-15(17)12-18)19-9-10-20-16/h2-6,13,15,18H,7-12H2,1H3/t13-,15+/m0/s1. The van der Waals surface area contributed by atoms with E-state index in [1.54, 1.807) is 0 Å². The Bertz CT molecular complexity index is 431. The number of aliphatic hydroxyl groups is 1. The zero-order valence-corrected chi connectivity index (χ0v) is 12.0. The molecule has 0 bridgehead atoms. The molecule has 110 valence electrons. The summed E-state index contributed by atoms with van der Waals surface area (Å²) in [6.07, 6.45) is 1.63. The monoisotopic (exact) mass is 277 g/mol. The van der Waals surface area contributed by atoms with E-state index in [2.05, 4.69) is 36.1 Å². The van der Waals surface area contributed by atoms with E-state index in [9.17, 15) is 5.11 Å². The maximum atomic E-state index is 9.75. The van der Waals surface area contributed by atoms with Crippen molar-refractivity contribution in [1.82, 2.24) is 4.90 Å². The highest BCUT2D eigenvalue weighted by molar-refractivity contribution is 5.19. The SMILES string of the molecule is C[C@@H](c1ccccc1)N1CCC2(C[C@@H]1CO)OCCO2. The van der Waals surface area contributed by atoms with E-state index >= 15 is 0 Å². The van der Waals surface area contributed by atoms with Crippen LogP contribution in [0.1, 0.15) is 31.4 Å². The second-order valence-corrected chi connectivity index (χ2v) is 5.72. The number of benzene rings is 1. The molecule has 0 saturated carbocycles. The van der Waals surface area contributed by atoms with Crippen LogP contribution in [0.5, 0.6) is 0 Å². The number of ether oxygens (including phenoxy) is 2. The molecule has 20 heavy (non-hydrogen) atoms. The third kappa shape index (κ3) is 2.61. The summed E-state index contributed by atoms with van der Waals surface area (Å²) < 4.78 is 11.6. The van der Waals surface area contributed by atoms with Crippen molar-refractivity contribution in [2.45, 2.75) is 37.6 Å². The summed E-state index contributed by atoms with van der Waals surface area (Å²) >= 11 is 0. The van der Waals surface area contributed by atoms with E-state index in [1.807, 2.05) is 6.07 Å². The predicted octanol–water partition coefficient (Wildman–Crippen LogP) is 1.95. The molecule has 1 aromatic rings. The first kappa shape index (κ1) is 14.0. The first-order valence-corrected chi connectivity index (χ1v) is 7.43. The number of aliphatic hydroxyl groups excluding tert-OH is 1. The largest absolute Gasteiger partial charge is 0.395 e. The van der Waals surface area contributed by atoms with E-state index in [1.165, 1.54) is 5.56 Å². The molecule has 2 heterocycles. The molecule has 2 atom stereocenters. The van der Waals surface area contributed by atoms with E-state index in [0.29, 0.717) is 19.3 Å². The third-order valence-electron chi connectivity index (χ3n) is 4.57. The lowest BCUT2D eigenvalue weighted by atomic mass is 9.93. The molecule has 0 unspecified atom stereocenters. The lowest BCUT2D eigenvalue weighted by molar-refractivity contribution is -0.203. The highest BCUT2D eigenvalue weighted by Crippen LogP contribution is 2.37. The van der Waals surface area contributed by atoms with Gasteiger partial charge in [0.05, 0.1) is 19.8 Å². The number of hydrogen-bond acceptors (Lipinski definition) is 4. The number of rotatable bonds is 3. The zero-order valence-electron chi connectivity index (χ0n) is 12.0. The number of nitrogens with zero attached hydrogens (tertiary/aromatic N) is 1. The third-order valence-corrected chi connectivity index (χ3v) is 4.57. The molecular formula is C16H23NO3. The van der Waals surface area contributed by atoms with Crippen LogP contribution in [0.3, 0.4) is 0 Å². The second kappa shape index (κ2) is 5.82. The van der Waals surface area contributed by atoms with Gasteiger partial charge in [0.2, 0.25) is 0 Å². The molecule has 1 spiro atoms. The van der Waals surface area contributed by atoms with Gasteiger partial charge in [0.15, 0.2) is 5.79 Å². The number of likely N-dealkylation sites (tertiary alicyclic amines) is 1. The van der Waals surface area contributed by atoms with Gasteiger partial charge in [-0.25, -0.2) is 0 Å². The quantitative estimate of drug-likeness (QED) is 0.917. The van der Waals surface area contributed by atoms with Crippen molar-refractivity contribution in [3.05, 3.63) is 35.9 Å². The van der Waals surface area contributed by atoms with Gasteiger partial charge in [0.25, 0.3) is 0 Å². The van der Waals surface area contributed by atoms with Crippen LogP contribution in [-0.2, 0) is 9.47 Å². The molecule has 2 aliphatic heterocycles. The van der Waals surface area contributed by atoms with Crippen LogP contribution in [-0.4, -0.2) is 48.2 Å². The molecule has 0 aromatic heterocycles. The first-order chi connectivity index (χ1) is 9.74. The first-order valence-electron chi connectivity index (χ1n) is 7.43. The summed E-state index contributed by atoms with van der Waals surface area (Å²) in [6.45, 7) is 4.58. The Morgan fingerprint density at radius 2 is 2.00 bits per heavy atom. The van der Waals surface area contributed by atoms with Crippen LogP contribution in [0, 0.1) is 0 Å². The maximum Gasteiger partial charge on any atom is 0.171 e. The van der Waals surface area contributed by atoms with Gasteiger partial charge in [-0.3, -0.25) is 4.90 Å². The Balaban J connectivity index is 1.74. The molecule has 0 radical (unpaired) electrons. The smallest absolute Gasteiger partial charge is 0.171 e. The van der Waals surface area contributed by atoms with Gasteiger partial charge in [-0.15, -0.1) is 0 Å². The average molecular weight is 277 g/mol. The topological polar surface area (TPSA) is 41.9 Å². The summed E-state index contributed by atoms with van der Waals surface area (Å²) in [5.41, 5.74) is 1.29. The van der Waals surface area contributed by atoms with Gasteiger partial charge in [0.1, 0.15) is 0 Å². The molecule has 3 rings (SSSR count). The van der Waals surface area contributed by atoms with Gasteiger partial charge < -0.3 is 14.6 Å². The molecule has 0 aliphatic carbocycles. The van der Waals surface area contributed by atoms with Crippen molar-refractivity contribution in [1.29, 1.82) is 0 Å². The highest BCUT2D eigenvalue weighted by Gasteiger charge is 2.45. The highest BCUT2D eigenvalue weighted by atomic mass is 16.7. The van der Waals surface area contributed by atoms with Crippen LogP contribution < -0.4 is 0 Å². The molecule has 4 heteroatoms. The molecule has 1 N–H and O–H groups in total. The van der Waals surface area contributed by atoms with Crippen molar-refractivity contribution in [2.24, 2.45) is 0 Å². The second-order valence-electron chi connectivity index (χ2n) is 5.72. The van der Waals surface area contributed by atoms with Crippen molar-refractivity contribution < 1.29 is 14.6 Å². The molecule has 1 aromatic carbocycles. The Morgan fingerprint density at radius 3 is 2.65 bits per heavy atom. The summed E-state index contributed by atoms with van der Waals surface area (Å²) in [5.74, 6) is -0.444. The Labute approximate surface area is 120 Å². The summed E-state index contributed by atoms with van der Waals surface area (Å²) in [4.78, 5) is 2.37. The van der Waals surface area contributed by atoms with Gasteiger partial charge in [-0.05, 0) is 12.5 Å². The van der Waals surface area contributed by atoms with Gasteiger partial charge in [-0.2, -0.15) is 0 Å². The van der Waals surface area contributed by atoms with Gasteiger partial charge in [0, 0.05) is 31.5 Å². The molecule has 2 aliphatic rings. The molecule has 4 nitrogen and oxygen atoms in total. The Morgan fingerprint density at radius 1 is 1.30 bits per heavy atom. The number of hydrogen-bond donors (Lipinski definition) is 1. The van der Waals surface area contributed by atoms with Crippen LogP contribution in [0.2, 0.25) is 0 Å². The summed E-state index contributed by atoms with van der Waals surface area (Å²) in [6, 6.07) is 10.8. The van der Waals surface area contributed by atoms with Crippen molar-refractivity contribution >= 4 is 0 Å². The van der Waals surface area contributed by atoms with E-state index in [0.717, 1.165) is 19.4 Å². The Hall–Kier alpha value is -0.940. The predicted molar refractivity (Wildman–Crippen MR) is 76.3 cm³/mol. The molecule has 2 saturated heterocycles. The lowest BCUT2D eigenvalue weighted by Gasteiger charge is -2.45. The van der Waals surface area contributed by atoms with Crippen LogP contribution >= 0.6 is 0 Å². The van der Waals surface area contributed by atoms with E-state index in [4.69, 9.17) is 9.47 Å². The van der Waals surface area contributed by atoms with Crippen molar-refractivity contribution in [2.75, 3.05) is 26.4 Å². The normalized spacial score (nSPS) is 27.8. The van der Waals surface area contributed by atoms with Crippen molar-refractivity contribution in [3.63, 3.8) is 0 Å². The van der Waals surface area contributed by atoms with Crippen LogP contribution in [0.4, 0.5) is 0 Å². The van der Waals surface area contributed by atoms with Crippen molar-refractivity contribution in [3.8, 4) is 0 Å². The zero-order chi connectivity index (χ0) is 14.0. The van der Waals surface area contributed by atoms with Gasteiger partial charge in [-0.1, -0.05) is 30.3 Å². The lowest BCUT2D eigenvalue weighted by Crippen LogP contribution is -2.53. The molecular weight excluding hydrogens is 254 g/mol. The maximum absolute atomic E-state index is 9.75. The Kier molecular flexibility index (Phi) is 4.08. The fraction of sp³-hybridized carbons (Fsp3) is 0.625.